The molecule has 0 atom stereocenters. The van der Waals surface area contributed by atoms with Crippen LogP contribution in [0.3, 0.4) is 0 Å². The van der Waals surface area contributed by atoms with E-state index < -0.39 is 11.8 Å². The highest BCUT2D eigenvalue weighted by atomic mass is 19.1. The van der Waals surface area contributed by atoms with E-state index in [-0.39, 0.29) is 12.5 Å². The Bertz CT molecular complexity index is 971. The molecule has 6 nitrogen and oxygen atoms in total. The van der Waals surface area contributed by atoms with Gasteiger partial charge in [-0.25, -0.2) is 9.18 Å². The maximum Gasteiger partial charge on any atom is 0.354 e. The third-order valence-corrected chi connectivity index (χ3v) is 4.12. The molecule has 1 aromatic carbocycles. The molecule has 1 amide bonds. The summed E-state index contributed by atoms with van der Waals surface area (Å²) in [7, 11) is 1.31. The second kappa shape index (κ2) is 5.62. The molecular weight excluding hydrogens is 327 g/mol. The van der Waals surface area contributed by atoms with E-state index in [0.29, 0.717) is 28.3 Å². The minimum absolute atomic E-state index is 0.265. The number of esters is 1. The number of hydrogen-bond acceptors (Lipinski definition) is 4. The van der Waals surface area contributed by atoms with Crippen LogP contribution in [0.15, 0.2) is 42.3 Å². The number of amides is 1. The molecule has 0 saturated carbocycles. The van der Waals surface area contributed by atoms with Gasteiger partial charge in [-0.05, 0) is 35.9 Å². The van der Waals surface area contributed by atoms with Gasteiger partial charge in [0.15, 0.2) is 0 Å². The summed E-state index contributed by atoms with van der Waals surface area (Å²) in [6.07, 6.45) is 3.42. The van der Waals surface area contributed by atoms with Crippen LogP contribution in [0.4, 0.5) is 10.1 Å². The van der Waals surface area contributed by atoms with Gasteiger partial charge in [-0.1, -0.05) is 0 Å². The van der Waals surface area contributed by atoms with E-state index in [4.69, 9.17) is 4.74 Å². The van der Waals surface area contributed by atoms with Gasteiger partial charge in [-0.2, -0.15) is 0 Å². The number of fused-ring (bicyclic) bond motifs is 1. The number of aromatic nitrogens is 1. The summed E-state index contributed by atoms with van der Waals surface area (Å²) in [5, 5.41) is 2.63. The minimum atomic E-state index is -0.463. The number of rotatable bonds is 2. The number of methoxy groups -OCH3 is 1. The Morgan fingerprint density at radius 1 is 1.32 bits per heavy atom. The van der Waals surface area contributed by atoms with E-state index >= 15 is 0 Å². The summed E-state index contributed by atoms with van der Waals surface area (Å²) >= 11 is 0. The average molecular weight is 340 g/mol. The molecule has 2 aromatic rings. The number of carbonyl (C=O) groups is 2. The number of ether oxygens (including phenoxy) is 2. The van der Waals surface area contributed by atoms with Crippen molar-refractivity contribution in [1.29, 1.82) is 0 Å². The van der Waals surface area contributed by atoms with Crippen LogP contribution in [0, 0.1) is 5.82 Å². The molecule has 25 heavy (non-hydrogen) atoms. The van der Waals surface area contributed by atoms with E-state index in [9.17, 15) is 14.0 Å². The van der Waals surface area contributed by atoms with E-state index in [0.717, 1.165) is 11.1 Å². The van der Waals surface area contributed by atoms with Gasteiger partial charge in [0.2, 0.25) is 0 Å². The molecule has 2 aliphatic rings. The Morgan fingerprint density at radius 2 is 2.16 bits per heavy atom. The van der Waals surface area contributed by atoms with Gasteiger partial charge >= 0.3 is 5.97 Å². The molecule has 3 heterocycles. The van der Waals surface area contributed by atoms with E-state index in [1.54, 1.807) is 24.4 Å². The van der Waals surface area contributed by atoms with Crippen molar-refractivity contribution in [2.45, 2.75) is 0 Å². The zero-order valence-corrected chi connectivity index (χ0v) is 13.2. The molecule has 0 saturated heterocycles. The van der Waals surface area contributed by atoms with Gasteiger partial charge in [-0.3, -0.25) is 4.79 Å². The van der Waals surface area contributed by atoms with Crippen molar-refractivity contribution in [1.82, 2.24) is 4.98 Å². The van der Waals surface area contributed by atoms with Crippen molar-refractivity contribution in [3.05, 3.63) is 64.9 Å². The van der Waals surface area contributed by atoms with Crippen LogP contribution in [0.5, 0.6) is 0 Å². The highest BCUT2D eigenvalue weighted by molar-refractivity contribution is 6.32. The smallest absolute Gasteiger partial charge is 0.354 e. The Balaban J connectivity index is 1.72. The number of anilines is 1. The first-order valence-corrected chi connectivity index (χ1v) is 7.53. The zero-order valence-electron chi connectivity index (χ0n) is 13.2. The van der Waals surface area contributed by atoms with Gasteiger partial charge in [0, 0.05) is 17.3 Å². The van der Waals surface area contributed by atoms with Crippen LogP contribution in [-0.2, 0) is 14.3 Å². The molecule has 0 spiro atoms. The lowest BCUT2D eigenvalue weighted by Gasteiger charge is -2.02. The highest BCUT2D eigenvalue weighted by Gasteiger charge is 2.30. The Morgan fingerprint density at radius 3 is 2.96 bits per heavy atom. The van der Waals surface area contributed by atoms with Gasteiger partial charge in [0.05, 0.1) is 18.4 Å². The van der Waals surface area contributed by atoms with Crippen molar-refractivity contribution < 1.29 is 23.5 Å². The number of aromatic amines is 1. The summed E-state index contributed by atoms with van der Waals surface area (Å²) in [6.45, 7) is 0.265. The van der Waals surface area contributed by atoms with Crippen LogP contribution in [-0.4, -0.2) is 30.6 Å². The summed E-state index contributed by atoms with van der Waals surface area (Å²) in [5.74, 6) is -0.803. The third-order valence-electron chi connectivity index (χ3n) is 4.12. The van der Waals surface area contributed by atoms with Crippen LogP contribution in [0.2, 0.25) is 0 Å². The number of benzene rings is 1. The highest BCUT2D eigenvalue weighted by Crippen LogP contribution is 2.38. The fraction of sp³-hybridized carbons (Fsp3) is 0.111. The Kier molecular flexibility index (Phi) is 3.42. The van der Waals surface area contributed by atoms with Crippen molar-refractivity contribution in [3.63, 3.8) is 0 Å². The minimum Gasteiger partial charge on any atom is -0.488 e. The van der Waals surface area contributed by atoms with Gasteiger partial charge in [0.1, 0.15) is 23.9 Å². The standard InChI is InChI=1S/C18H13FN2O4/c1-24-18(23)14-4-9(7-20-14)10-5-15(25-8-10)16-12-3-2-11(19)6-13(12)21-17(16)22/h2-7,20H,8H2,1H3,(H,21,22)/b16-15+. The number of carbonyl (C=O) groups excluding carboxylic acids is 2. The molecule has 2 aliphatic heterocycles. The largest absolute Gasteiger partial charge is 0.488 e. The van der Waals surface area contributed by atoms with Crippen LogP contribution < -0.4 is 5.32 Å². The molecule has 1 aromatic heterocycles. The Hall–Kier alpha value is -3.35. The third kappa shape index (κ3) is 2.50. The van der Waals surface area contributed by atoms with Crippen molar-refractivity contribution in [3.8, 4) is 0 Å². The molecule has 7 heteroatoms. The predicted molar refractivity (Wildman–Crippen MR) is 88.0 cm³/mol. The topological polar surface area (TPSA) is 80.4 Å². The monoisotopic (exact) mass is 340 g/mol. The molecule has 0 radical (unpaired) electrons. The molecule has 0 unspecified atom stereocenters. The molecule has 4 rings (SSSR count). The van der Waals surface area contributed by atoms with Crippen LogP contribution in [0.25, 0.3) is 11.1 Å². The average Bonchev–Trinajstić information content (AvgIpc) is 3.30. The fourth-order valence-corrected chi connectivity index (χ4v) is 2.91. The first-order valence-electron chi connectivity index (χ1n) is 7.53. The van der Waals surface area contributed by atoms with Crippen molar-refractivity contribution >= 4 is 28.7 Å². The maximum atomic E-state index is 13.3. The maximum absolute atomic E-state index is 13.3. The molecule has 126 valence electrons. The molecule has 0 bridgehead atoms. The van der Waals surface area contributed by atoms with Crippen molar-refractivity contribution in [2.24, 2.45) is 0 Å². The summed E-state index contributed by atoms with van der Waals surface area (Å²) in [6, 6.07) is 5.78. The first-order chi connectivity index (χ1) is 12.1. The first kappa shape index (κ1) is 15.2. The predicted octanol–water partition coefficient (Wildman–Crippen LogP) is 2.72. The van der Waals surface area contributed by atoms with Crippen LogP contribution >= 0.6 is 0 Å². The van der Waals surface area contributed by atoms with Gasteiger partial charge in [-0.15, -0.1) is 0 Å². The van der Waals surface area contributed by atoms with Gasteiger partial charge in [0.25, 0.3) is 5.91 Å². The van der Waals surface area contributed by atoms with E-state index in [1.807, 2.05) is 0 Å². The number of nitrogens with one attached hydrogen (secondary N) is 2. The SMILES string of the molecule is COC(=O)c1cc(C2=C/C(=C3\C(=O)Nc4cc(F)ccc43)OC2)c[nH]1. The summed E-state index contributed by atoms with van der Waals surface area (Å²) < 4.78 is 23.6. The lowest BCUT2D eigenvalue weighted by atomic mass is 10.0. The van der Waals surface area contributed by atoms with Gasteiger partial charge < -0.3 is 19.8 Å². The second-order valence-corrected chi connectivity index (χ2v) is 5.64. The number of allylic oxidation sites excluding steroid dienone is 1. The zero-order chi connectivity index (χ0) is 17.6. The molecule has 0 fully saturated rings. The lowest BCUT2D eigenvalue weighted by Crippen LogP contribution is -2.05. The van der Waals surface area contributed by atoms with E-state index in [1.165, 1.54) is 19.2 Å². The quantitative estimate of drug-likeness (QED) is 0.651. The Labute approximate surface area is 141 Å². The normalized spacial score (nSPS) is 18.5. The van der Waals surface area contributed by atoms with Crippen molar-refractivity contribution in [2.75, 3.05) is 19.0 Å². The van der Waals surface area contributed by atoms with Crippen LogP contribution in [0.1, 0.15) is 21.6 Å². The molecule has 0 aliphatic carbocycles. The summed E-state index contributed by atoms with van der Waals surface area (Å²) in [4.78, 5) is 26.6. The number of halogens is 1. The number of H-pyrrole nitrogens is 1. The fourth-order valence-electron chi connectivity index (χ4n) is 2.91. The molecule has 2 N–H and O–H groups in total. The lowest BCUT2D eigenvalue weighted by molar-refractivity contribution is -0.110. The number of hydrogen-bond donors (Lipinski definition) is 2. The second-order valence-electron chi connectivity index (χ2n) is 5.64. The summed E-state index contributed by atoms with van der Waals surface area (Å²) in [5.41, 5.74) is 3.31. The molecular formula is C18H13FN2O4. The van der Waals surface area contributed by atoms with E-state index in [2.05, 4.69) is 15.0 Å².